The van der Waals surface area contributed by atoms with Crippen molar-refractivity contribution in [2.24, 2.45) is 0 Å². The molecule has 2 aromatic rings. The summed E-state index contributed by atoms with van der Waals surface area (Å²) in [5.74, 6) is -1.69. The summed E-state index contributed by atoms with van der Waals surface area (Å²) in [5.41, 5.74) is 2.72. The van der Waals surface area contributed by atoms with Crippen molar-refractivity contribution in [3.8, 4) is 17.2 Å². The number of aryl methyl sites for hydroxylation is 1. The van der Waals surface area contributed by atoms with Crippen LogP contribution in [0.4, 0.5) is 0 Å². The monoisotopic (exact) mass is 498 g/mol. The molecule has 35 heavy (non-hydrogen) atoms. The van der Waals surface area contributed by atoms with Crippen molar-refractivity contribution < 1.29 is 43.1 Å². The van der Waals surface area contributed by atoms with Crippen molar-refractivity contribution in [1.82, 2.24) is 0 Å². The molecule has 182 valence electrons. The smallest absolute Gasteiger partial charge is 0.292 e. The van der Waals surface area contributed by atoms with Crippen LogP contribution in [-0.2, 0) is 30.1 Å². The Balaban J connectivity index is 1.33. The number of hydrogen-bond donors (Lipinski definition) is 1. The lowest BCUT2D eigenvalue weighted by Gasteiger charge is -2.42. The summed E-state index contributed by atoms with van der Waals surface area (Å²) in [7, 11) is 1.60. The molecule has 7 aliphatic rings. The topological polar surface area (TPSA) is 105 Å². The van der Waals surface area contributed by atoms with E-state index in [1.54, 1.807) is 18.9 Å². The van der Waals surface area contributed by atoms with Crippen LogP contribution >= 0.6 is 11.8 Å². The molecule has 2 bridgehead atoms. The predicted octanol–water partition coefficient (Wildman–Crippen LogP) is 2.85. The fourth-order valence-electron chi connectivity index (χ4n) is 7.25. The molecule has 6 heterocycles. The van der Waals surface area contributed by atoms with Gasteiger partial charge in [-0.1, -0.05) is 0 Å². The first-order chi connectivity index (χ1) is 16.9. The summed E-state index contributed by atoms with van der Waals surface area (Å²) in [5, 5.41) is 12.7. The highest BCUT2D eigenvalue weighted by Gasteiger charge is 3.07. The Morgan fingerprint density at radius 1 is 1.17 bits per heavy atom. The number of rotatable bonds is 2. The maximum atomic E-state index is 12.9. The van der Waals surface area contributed by atoms with Gasteiger partial charge in [-0.2, -0.15) is 0 Å². The summed E-state index contributed by atoms with van der Waals surface area (Å²) in [6, 6.07) is 1.97. The number of ether oxygens (including phenoxy) is 7. The van der Waals surface area contributed by atoms with Crippen LogP contribution in [0.5, 0.6) is 17.2 Å². The second-order valence-corrected chi connectivity index (χ2v) is 11.6. The minimum absolute atomic E-state index is 0.0641. The molecule has 5 atom stereocenters. The first-order valence-corrected chi connectivity index (χ1v) is 13.0. The number of thioether (sulfide) groups is 1. The summed E-state index contributed by atoms with van der Waals surface area (Å²) in [4.78, 5) is 12.9. The van der Waals surface area contributed by atoms with Gasteiger partial charge in [-0.15, -0.1) is 11.8 Å². The Kier molecular flexibility index (Phi) is 3.28. The second-order valence-electron chi connectivity index (χ2n) is 10.3. The third-order valence-corrected chi connectivity index (χ3v) is 10.2. The molecule has 5 fully saturated rings. The van der Waals surface area contributed by atoms with Crippen LogP contribution in [0.1, 0.15) is 46.0 Å². The number of carbonyl (C=O) groups is 1. The third-order valence-electron chi connectivity index (χ3n) is 8.76. The molecule has 3 unspecified atom stereocenters. The molecule has 2 aromatic carbocycles. The Bertz CT molecular complexity index is 1410. The second kappa shape index (κ2) is 5.74. The molecular weight excluding hydrogens is 476 g/mol. The lowest BCUT2D eigenvalue weighted by molar-refractivity contribution is -0.309. The highest BCUT2D eigenvalue weighted by molar-refractivity contribution is 8.08. The highest BCUT2D eigenvalue weighted by Crippen LogP contribution is 2.88. The molecular formula is C25H22O9S. The lowest BCUT2D eigenvalue weighted by atomic mass is 9.80. The van der Waals surface area contributed by atoms with Gasteiger partial charge in [0, 0.05) is 28.7 Å². The number of ketones is 1. The minimum atomic E-state index is -1.14. The van der Waals surface area contributed by atoms with E-state index in [-0.39, 0.29) is 11.5 Å². The van der Waals surface area contributed by atoms with E-state index in [0.29, 0.717) is 59.6 Å². The number of aromatic hydroxyl groups is 1. The summed E-state index contributed by atoms with van der Waals surface area (Å²) >= 11 is 1.65. The van der Waals surface area contributed by atoms with E-state index in [0.717, 1.165) is 23.1 Å². The van der Waals surface area contributed by atoms with Crippen molar-refractivity contribution in [2.45, 2.75) is 60.7 Å². The number of epoxide rings is 1. The van der Waals surface area contributed by atoms with Crippen LogP contribution < -0.4 is 9.47 Å². The number of phenolic OH excluding ortho intramolecular Hbond substituents is 1. The molecule has 9 nitrogen and oxygen atoms in total. The van der Waals surface area contributed by atoms with E-state index in [9.17, 15) is 9.90 Å². The van der Waals surface area contributed by atoms with E-state index in [1.165, 1.54) is 0 Å². The highest BCUT2D eigenvalue weighted by atomic mass is 32.2. The van der Waals surface area contributed by atoms with E-state index in [4.69, 9.17) is 33.2 Å². The number of carbonyl (C=O) groups excluding carboxylic acids is 1. The largest absolute Gasteiger partial charge is 0.506 e. The van der Waals surface area contributed by atoms with Crippen molar-refractivity contribution >= 4 is 28.3 Å². The van der Waals surface area contributed by atoms with E-state index >= 15 is 0 Å². The van der Waals surface area contributed by atoms with E-state index in [2.05, 4.69) is 0 Å². The van der Waals surface area contributed by atoms with Crippen LogP contribution in [0, 0.1) is 6.92 Å². The van der Waals surface area contributed by atoms with E-state index < -0.39 is 34.5 Å². The normalized spacial score (nSPS) is 41.7. The van der Waals surface area contributed by atoms with Crippen LogP contribution in [0.2, 0.25) is 0 Å². The van der Waals surface area contributed by atoms with Crippen molar-refractivity contribution in [3.05, 3.63) is 28.3 Å². The number of phenols is 1. The zero-order valence-electron chi connectivity index (χ0n) is 19.1. The lowest BCUT2D eigenvalue weighted by Crippen LogP contribution is -2.62. The van der Waals surface area contributed by atoms with Gasteiger partial charge in [-0.25, -0.2) is 0 Å². The number of methoxy groups -OCH3 is 1. The number of benzene rings is 2. The third kappa shape index (κ3) is 1.83. The molecule has 1 N–H and O–H groups in total. The van der Waals surface area contributed by atoms with Gasteiger partial charge in [-0.3, -0.25) is 9.53 Å². The Hall–Kier alpha value is -2.08. The maximum Gasteiger partial charge on any atom is 0.292 e. The molecule has 2 spiro atoms. The molecule has 5 saturated heterocycles. The summed E-state index contributed by atoms with van der Waals surface area (Å²) < 4.78 is 43.4. The minimum Gasteiger partial charge on any atom is -0.506 e. The van der Waals surface area contributed by atoms with E-state index in [1.807, 2.05) is 13.0 Å². The molecule has 1 aliphatic carbocycles. The summed E-state index contributed by atoms with van der Waals surface area (Å²) in [6.07, 6.45) is 0.533. The standard InChI is InChI=1S/C25H22O9S/c1-10-8-12-16(17(27)15-11(18(12)28-2)4-3-5-13(15)26)19-14(10)20-23-25(31-19,34-23)22(9-35-22)24(32-20,33-23)21-29-6-7-30-21/h8,20-21,27H,3-7,9H2,1-2H3/t20?,22-,23?,24?,25-/m1/s1. The van der Waals surface area contributed by atoms with Crippen LogP contribution in [-0.4, -0.2) is 65.4 Å². The van der Waals surface area contributed by atoms with Crippen molar-refractivity contribution in [3.63, 3.8) is 0 Å². The fourth-order valence-corrected chi connectivity index (χ4v) is 8.58. The van der Waals surface area contributed by atoms with Gasteiger partial charge in [0.05, 0.1) is 31.3 Å². The Morgan fingerprint density at radius 3 is 2.71 bits per heavy atom. The zero-order valence-corrected chi connectivity index (χ0v) is 19.9. The summed E-state index contributed by atoms with van der Waals surface area (Å²) in [6.45, 7) is 2.92. The molecule has 9 rings (SSSR count). The van der Waals surface area contributed by atoms with Crippen molar-refractivity contribution in [1.29, 1.82) is 0 Å². The quantitative estimate of drug-likeness (QED) is 0.622. The molecule has 0 amide bonds. The average molecular weight is 499 g/mol. The molecule has 0 radical (unpaired) electrons. The van der Waals surface area contributed by atoms with Crippen molar-refractivity contribution in [2.75, 3.05) is 26.1 Å². The van der Waals surface area contributed by atoms with Crippen LogP contribution in [0.3, 0.4) is 0 Å². The molecule has 0 saturated carbocycles. The maximum absolute atomic E-state index is 12.9. The predicted molar refractivity (Wildman–Crippen MR) is 120 cm³/mol. The molecule has 0 aromatic heterocycles. The van der Waals surface area contributed by atoms with Crippen LogP contribution in [0.15, 0.2) is 6.07 Å². The number of hydrogen-bond acceptors (Lipinski definition) is 10. The first-order valence-electron chi connectivity index (χ1n) is 12.0. The van der Waals surface area contributed by atoms with Gasteiger partial charge >= 0.3 is 0 Å². The SMILES string of the molecule is COc1c2c(c(O)c3c4c(c(C)cc13)C1OC3(C5OCCO5)OC15O[C@]5(O4)[C@@]31CS1)C(=O)CCC2. The molecule has 10 heteroatoms. The van der Waals surface area contributed by atoms with Gasteiger partial charge in [0.2, 0.25) is 12.1 Å². The molecule has 6 aliphatic heterocycles. The Labute approximate surface area is 203 Å². The van der Waals surface area contributed by atoms with Gasteiger partial charge < -0.3 is 33.5 Å². The number of fused-ring (bicyclic) bond motifs is 7. The average Bonchev–Trinajstić information content (AvgIpc) is 3.61. The fraction of sp³-hybridized carbons (Fsp3) is 0.560. The van der Waals surface area contributed by atoms with Gasteiger partial charge in [0.15, 0.2) is 16.6 Å². The van der Waals surface area contributed by atoms with Gasteiger partial charge in [0.1, 0.15) is 17.2 Å². The van der Waals surface area contributed by atoms with Crippen LogP contribution in [0.25, 0.3) is 10.8 Å². The number of Topliss-reactive ketones (excluding diaryl/α,β-unsaturated/α-hetero) is 1. The zero-order chi connectivity index (χ0) is 23.5. The Morgan fingerprint density at radius 2 is 1.97 bits per heavy atom. The van der Waals surface area contributed by atoms with Gasteiger partial charge in [0.25, 0.3) is 11.6 Å². The first kappa shape index (κ1) is 20.0. The van der Waals surface area contributed by atoms with Gasteiger partial charge in [-0.05, 0) is 31.4 Å².